The molecule has 1 saturated heterocycles. The fraction of sp³-hybridized carbons (Fsp3) is 0.333. The van der Waals surface area contributed by atoms with E-state index in [1.54, 1.807) is 29.5 Å². The molecule has 4 rings (SSSR count). The highest BCUT2D eigenvalue weighted by atomic mass is 16.2. The van der Waals surface area contributed by atoms with Crippen molar-refractivity contribution in [3.63, 3.8) is 0 Å². The predicted molar refractivity (Wildman–Crippen MR) is 103 cm³/mol. The van der Waals surface area contributed by atoms with Gasteiger partial charge in [0, 0.05) is 30.9 Å². The number of carbonyl (C=O) groups excluding carboxylic acids is 1. The van der Waals surface area contributed by atoms with Gasteiger partial charge < -0.3 is 4.90 Å². The second kappa shape index (κ2) is 7.70. The molecule has 27 heavy (non-hydrogen) atoms. The SMILES string of the molecule is CC[C@H](c1ccccc1)[C@H]1CCCN1C(=O)c1cnc(-n2cccn2)cn1. The standard InChI is InChI=1S/C21H23N5O/c1-2-17(16-8-4-3-5-9-16)19-10-6-12-25(19)21(27)18-14-23-20(15-22-18)26-13-7-11-24-26/h3-5,7-9,11,13-15,17,19H,2,6,10,12H2,1H3/t17-,19-/m1/s1. The molecule has 0 saturated carbocycles. The Morgan fingerprint density at radius 3 is 2.70 bits per heavy atom. The van der Waals surface area contributed by atoms with Gasteiger partial charge in [0.1, 0.15) is 5.69 Å². The molecule has 1 aromatic carbocycles. The van der Waals surface area contributed by atoms with Crippen molar-refractivity contribution in [1.29, 1.82) is 0 Å². The van der Waals surface area contributed by atoms with E-state index in [9.17, 15) is 4.79 Å². The van der Waals surface area contributed by atoms with Crippen LogP contribution in [0.2, 0.25) is 0 Å². The van der Waals surface area contributed by atoms with Crippen molar-refractivity contribution >= 4 is 5.91 Å². The number of hydrogen-bond donors (Lipinski definition) is 0. The van der Waals surface area contributed by atoms with Gasteiger partial charge in [-0.2, -0.15) is 5.10 Å². The summed E-state index contributed by atoms with van der Waals surface area (Å²) in [7, 11) is 0. The topological polar surface area (TPSA) is 63.9 Å². The maximum absolute atomic E-state index is 13.1. The Kier molecular flexibility index (Phi) is 4.96. The molecule has 2 atom stereocenters. The van der Waals surface area contributed by atoms with Crippen molar-refractivity contribution in [3.8, 4) is 5.82 Å². The lowest BCUT2D eigenvalue weighted by molar-refractivity contribution is 0.0708. The Labute approximate surface area is 158 Å². The Balaban J connectivity index is 1.55. The lowest BCUT2D eigenvalue weighted by Crippen LogP contribution is -2.39. The number of likely N-dealkylation sites (tertiary alicyclic amines) is 1. The first-order chi connectivity index (χ1) is 13.3. The monoisotopic (exact) mass is 361 g/mol. The summed E-state index contributed by atoms with van der Waals surface area (Å²) >= 11 is 0. The van der Waals surface area contributed by atoms with Gasteiger partial charge in [0.15, 0.2) is 5.82 Å². The third-order valence-corrected chi connectivity index (χ3v) is 5.29. The number of carbonyl (C=O) groups is 1. The zero-order chi connectivity index (χ0) is 18.6. The summed E-state index contributed by atoms with van der Waals surface area (Å²) in [5.74, 6) is 0.908. The minimum absolute atomic E-state index is 0.0357. The van der Waals surface area contributed by atoms with Gasteiger partial charge in [-0.3, -0.25) is 4.79 Å². The number of nitrogens with zero attached hydrogens (tertiary/aromatic N) is 5. The Morgan fingerprint density at radius 1 is 1.19 bits per heavy atom. The minimum Gasteiger partial charge on any atom is -0.334 e. The molecule has 0 unspecified atom stereocenters. The van der Waals surface area contributed by atoms with E-state index in [0.717, 1.165) is 25.8 Å². The van der Waals surface area contributed by atoms with Gasteiger partial charge in [0.05, 0.1) is 12.4 Å². The van der Waals surface area contributed by atoms with Crippen LogP contribution in [0.4, 0.5) is 0 Å². The molecular formula is C21H23N5O. The number of amides is 1. The summed E-state index contributed by atoms with van der Waals surface area (Å²) in [6, 6.07) is 12.5. The zero-order valence-electron chi connectivity index (χ0n) is 15.4. The number of hydrogen-bond acceptors (Lipinski definition) is 4. The van der Waals surface area contributed by atoms with Crippen LogP contribution < -0.4 is 0 Å². The molecule has 138 valence electrons. The van der Waals surface area contributed by atoms with Crippen molar-refractivity contribution in [1.82, 2.24) is 24.6 Å². The largest absolute Gasteiger partial charge is 0.334 e. The first-order valence-electron chi connectivity index (χ1n) is 9.46. The maximum atomic E-state index is 13.1. The summed E-state index contributed by atoms with van der Waals surface area (Å²) in [4.78, 5) is 23.8. The second-order valence-corrected chi connectivity index (χ2v) is 6.84. The molecule has 1 aliphatic rings. The molecule has 1 aliphatic heterocycles. The van der Waals surface area contributed by atoms with E-state index in [-0.39, 0.29) is 11.9 Å². The molecule has 3 heterocycles. The predicted octanol–water partition coefficient (Wildman–Crippen LogP) is 3.46. The molecule has 0 bridgehead atoms. The number of rotatable bonds is 5. The zero-order valence-corrected chi connectivity index (χ0v) is 15.4. The number of benzene rings is 1. The van der Waals surface area contributed by atoms with Gasteiger partial charge in [0.25, 0.3) is 5.91 Å². The third-order valence-electron chi connectivity index (χ3n) is 5.29. The average molecular weight is 361 g/mol. The highest BCUT2D eigenvalue weighted by molar-refractivity contribution is 5.92. The van der Waals surface area contributed by atoms with Crippen molar-refractivity contribution in [3.05, 3.63) is 72.4 Å². The first kappa shape index (κ1) is 17.4. The lowest BCUT2D eigenvalue weighted by Gasteiger charge is -2.31. The molecule has 0 spiro atoms. The molecular weight excluding hydrogens is 338 g/mol. The summed E-state index contributed by atoms with van der Waals surface area (Å²) in [6.45, 7) is 2.97. The van der Waals surface area contributed by atoms with Gasteiger partial charge in [0.2, 0.25) is 0 Å². The highest BCUT2D eigenvalue weighted by Crippen LogP contribution is 2.34. The fourth-order valence-electron chi connectivity index (χ4n) is 3.99. The van der Waals surface area contributed by atoms with E-state index in [4.69, 9.17) is 0 Å². The fourth-order valence-corrected chi connectivity index (χ4v) is 3.99. The summed E-state index contributed by atoms with van der Waals surface area (Å²) in [6.07, 6.45) is 9.69. The van der Waals surface area contributed by atoms with Crippen LogP contribution in [0.15, 0.2) is 61.2 Å². The molecule has 0 aliphatic carbocycles. The lowest BCUT2D eigenvalue weighted by atomic mass is 9.87. The first-order valence-corrected chi connectivity index (χ1v) is 9.46. The molecule has 0 N–H and O–H groups in total. The van der Waals surface area contributed by atoms with Crippen LogP contribution in [0.5, 0.6) is 0 Å². The maximum Gasteiger partial charge on any atom is 0.274 e. The van der Waals surface area contributed by atoms with Crippen molar-refractivity contribution < 1.29 is 4.79 Å². The molecule has 0 radical (unpaired) electrons. The number of aromatic nitrogens is 4. The van der Waals surface area contributed by atoms with Crippen LogP contribution in [0.1, 0.15) is 48.2 Å². The van der Waals surface area contributed by atoms with Gasteiger partial charge in [-0.25, -0.2) is 14.6 Å². The molecule has 2 aromatic heterocycles. The average Bonchev–Trinajstić information content (AvgIpc) is 3.42. The van der Waals surface area contributed by atoms with E-state index in [0.29, 0.717) is 17.4 Å². The normalized spacial score (nSPS) is 17.8. The molecule has 1 fully saturated rings. The van der Waals surface area contributed by atoms with Gasteiger partial charge in [-0.1, -0.05) is 37.3 Å². The van der Waals surface area contributed by atoms with Gasteiger partial charge in [-0.05, 0) is 30.9 Å². The van der Waals surface area contributed by atoms with Crippen molar-refractivity contribution in [2.45, 2.75) is 38.1 Å². The summed E-state index contributed by atoms with van der Waals surface area (Å²) in [5.41, 5.74) is 1.69. The summed E-state index contributed by atoms with van der Waals surface area (Å²) in [5, 5.41) is 4.14. The third kappa shape index (κ3) is 3.47. The Hall–Kier alpha value is -3.02. The Morgan fingerprint density at radius 2 is 2.04 bits per heavy atom. The molecule has 6 heteroatoms. The van der Waals surface area contributed by atoms with E-state index in [2.05, 4.69) is 46.3 Å². The van der Waals surface area contributed by atoms with Crippen molar-refractivity contribution in [2.24, 2.45) is 0 Å². The molecule has 3 aromatic rings. The van der Waals surface area contributed by atoms with Crippen LogP contribution in [-0.4, -0.2) is 43.1 Å². The van der Waals surface area contributed by atoms with Crippen LogP contribution in [0, 0.1) is 0 Å². The van der Waals surface area contributed by atoms with Crippen LogP contribution in [0.3, 0.4) is 0 Å². The quantitative estimate of drug-likeness (QED) is 0.698. The highest BCUT2D eigenvalue weighted by Gasteiger charge is 2.35. The smallest absolute Gasteiger partial charge is 0.274 e. The van der Waals surface area contributed by atoms with Gasteiger partial charge in [-0.15, -0.1) is 0 Å². The minimum atomic E-state index is -0.0357. The van der Waals surface area contributed by atoms with Crippen molar-refractivity contribution in [2.75, 3.05) is 6.54 Å². The van der Waals surface area contributed by atoms with E-state index < -0.39 is 0 Å². The van der Waals surface area contributed by atoms with E-state index in [1.807, 2.05) is 17.0 Å². The van der Waals surface area contributed by atoms with E-state index >= 15 is 0 Å². The van der Waals surface area contributed by atoms with Crippen LogP contribution in [-0.2, 0) is 0 Å². The van der Waals surface area contributed by atoms with Crippen LogP contribution >= 0.6 is 0 Å². The Bertz CT molecular complexity index is 877. The molecule has 6 nitrogen and oxygen atoms in total. The molecule has 1 amide bonds. The summed E-state index contributed by atoms with van der Waals surface area (Å²) < 4.78 is 1.63. The van der Waals surface area contributed by atoms with Crippen LogP contribution in [0.25, 0.3) is 5.82 Å². The second-order valence-electron chi connectivity index (χ2n) is 6.84. The van der Waals surface area contributed by atoms with Gasteiger partial charge >= 0.3 is 0 Å². The van der Waals surface area contributed by atoms with E-state index in [1.165, 1.54) is 5.56 Å².